The molecule has 180 valence electrons. The summed E-state index contributed by atoms with van der Waals surface area (Å²) in [5.41, 5.74) is 6.73. The second-order valence-corrected chi connectivity index (χ2v) is 8.51. The Morgan fingerprint density at radius 3 is 2.28 bits per heavy atom. The van der Waals surface area contributed by atoms with Crippen LogP contribution in [0.2, 0.25) is 0 Å². The van der Waals surface area contributed by atoms with Gasteiger partial charge >= 0.3 is 6.03 Å². The fourth-order valence-corrected chi connectivity index (χ4v) is 4.46. The van der Waals surface area contributed by atoms with Crippen LogP contribution in [0.25, 0.3) is 22.6 Å². The minimum Gasteiger partial charge on any atom is -0.497 e. The van der Waals surface area contributed by atoms with Crippen LogP contribution in [0.15, 0.2) is 72.8 Å². The van der Waals surface area contributed by atoms with Crippen molar-refractivity contribution < 1.29 is 14.3 Å². The van der Waals surface area contributed by atoms with E-state index in [1.807, 2.05) is 48.5 Å². The normalized spacial score (nSPS) is 13.3. The molecule has 4 aromatic rings. The lowest BCUT2D eigenvalue weighted by Gasteiger charge is -2.13. The van der Waals surface area contributed by atoms with E-state index in [1.165, 1.54) is 0 Å². The molecular formula is C29H26N4O3. The Hall–Kier alpha value is -4.65. The predicted molar refractivity (Wildman–Crippen MR) is 143 cm³/mol. The van der Waals surface area contributed by atoms with E-state index in [0.29, 0.717) is 16.9 Å². The minimum atomic E-state index is -0.302. The Bertz CT molecular complexity index is 1480. The average molecular weight is 479 g/mol. The van der Waals surface area contributed by atoms with Gasteiger partial charge in [-0.05, 0) is 78.1 Å². The monoisotopic (exact) mass is 478 g/mol. The van der Waals surface area contributed by atoms with E-state index >= 15 is 0 Å². The fourth-order valence-electron chi connectivity index (χ4n) is 4.46. The summed E-state index contributed by atoms with van der Waals surface area (Å²) in [7, 11) is 3.21. The summed E-state index contributed by atoms with van der Waals surface area (Å²) < 4.78 is 5.26. The van der Waals surface area contributed by atoms with Crippen LogP contribution in [0, 0.1) is 0 Å². The highest BCUT2D eigenvalue weighted by Crippen LogP contribution is 2.38. The Morgan fingerprint density at radius 1 is 0.889 bits per heavy atom. The standard InChI is InChI=1S/C29H26N4O3/c1-30-29(35)32-21-12-10-20(11-13-21)31-28(34)26-23-5-3-4-6-25(23)33-27-19(9-16-24(26)27)17-18-7-14-22(36-2)15-8-18/h3-8,10-15,17H,9,16H2,1-2H3,(H,31,34)(H2,30,32,35)/b19-17+. The molecule has 0 unspecified atom stereocenters. The van der Waals surface area contributed by atoms with E-state index < -0.39 is 0 Å². The van der Waals surface area contributed by atoms with Crippen LogP contribution >= 0.6 is 0 Å². The molecule has 1 aromatic heterocycles. The highest BCUT2D eigenvalue weighted by Gasteiger charge is 2.27. The molecule has 1 aliphatic rings. The third-order valence-corrected chi connectivity index (χ3v) is 6.25. The zero-order chi connectivity index (χ0) is 25.1. The number of urea groups is 1. The van der Waals surface area contributed by atoms with Gasteiger partial charge in [-0.1, -0.05) is 30.3 Å². The quantitative estimate of drug-likeness (QED) is 0.341. The molecule has 7 heteroatoms. The molecule has 36 heavy (non-hydrogen) atoms. The molecule has 0 atom stereocenters. The van der Waals surface area contributed by atoms with Crippen LogP contribution in [0.3, 0.4) is 0 Å². The zero-order valence-electron chi connectivity index (χ0n) is 20.1. The number of fused-ring (bicyclic) bond motifs is 2. The van der Waals surface area contributed by atoms with Gasteiger partial charge in [-0.3, -0.25) is 4.79 Å². The number of anilines is 2. The summed E-state index contributed by atoms with van der Waals surface area (Å²) >= 11 is 0. The van der Waals surface area contributed by atoms with E-state index in [0.717, 1.165) is 51.9 Å². The summed E-state index contributed by atoms with van der Waals surface area (Å²) in [5.74, 6) is 0.632. The van der Waals surface area contributed by atoms with Gasteiger partial charge in [0.15, 0.2) is 0 Å². The van der Waals surface area contributed by atoms with Gasteiger partial charge in [0.2, 0.25) is 0 Å². The Kier molecular flexibility index (Phi) is 6.36. The molecule has 5 rings (SSSR count). The lowest BCUT2D eigenvalue weighted by molar-refractivity contribution is 0.102. The number of carbonyl (C=O) groups is 2. The number of allylic oxidation sites excluding steroid dienone is 1. The number of nitrogens with one attached hydrogen (secondary N) is 3. The number of nitrogens with zero attached hydrogens (tertiary/aromatic N) is 1. The third-order valence-electron chi connectivity index (χ3n) is 6.25. The number of hydrogen-bond donors (Lipinski definition) is 3. The number of benzene rings is 3. The van der Waals surface area contributed by atoms with Crippen molar-refractivity contribution in [1.82, 2.24) is 10.3 Å². The molecule has 0 spiro atoms. The first-order valence-electron chi connectivity index (χ1n) is 11.7. The number of amides is 3. The molecular weight excluding hydrogens is 452 g/mol. The number of pyridine rings is 1. The number of aromatic nitrogens is 1. The van der Waals surface area contributed by atoms with Crippen molar-refractivity contribution in [3.63, 3.8) is 0 Å². The van der Waals surface area contributed by atoms with E-state index in [1.54, 1.807) is 38.4 Å². The summed E-state index contributed by atoms with van der Waals surface area (Å²) in [6, 6.07) is 22.4. The molecule has 0 saturated carbocycles. The van der Waals surface area contributed by atoms with Gasteiger partial charge in [0.1, 0.15) is 5.75 Å². The first kappa shape index (κ1) is 23.1. The van der Waals surface area contributed by atoms with Crippen molar-refractivity contribution in [3.8, 4) is 5.75 Å². The van der Waals surface area contributed by atoms with Gasteiger partial charge in [-0.2, -0.15) is 0 Å². The molecule has 1 aliphatic carbocycles. The van der Waals surface area contributed by atoms with Crippen molar-refractivity contribution in [1.29, 1.82) is 0 Å². The number of para-hydroxylation sites is 1. The lowest BCUT2D eigenvalue weighted by Crippen LogP contribution is -2.24. The van der Waals surface area contributed by atoms with Crippen molar-refractivity contribution in [2.45, 2.75) is 12.8 Å². The van der Waals surface area contributed by atoms with Gasteiger partial charge in [0.25, 0.3) is 5.91 Å². The summed E-state index contributed by atoms with van der Waals surface area (Å²) in [6.45, 7) is 0. The maximum absolute atomic E-state index is 13.6. The molecule has 0 bridgehead atoms. The van der Waals surface area contributed by atoms with E-state index in [-0.39, 0.29) is 11.9 Å². The summed E-state index contributed by atoms with van der Waals surface area (Å²) in [4.78, 5) is 30.1. The first-order chi connectivity index (χ1) is 17.6. The van der Waals surface area contributed by atoms with E-state index in [2.05, 4.69) is 22.0 Å². The van der Waals surface area contributed by atoms with Crippen molar-refractivity contribution in [2.24, 2.45) is 0 Å². The second-order valence-electron chi connectivity index (χ2n) is 8.51. The highest BCUT2D eigenvalue weighted by molar-refractivity contribution is 6.14. The second kappa shape index (κ2) is 9.92. The summed E-state index contributed by atoms with van der Waals surface area (Å²) in [6.07, 6.45) is 3.69. The number of ether oxygens (including phenoxy) is 1. The summed E-state index contributed by atoms with van der Waals surface area (Å²) in [5, 5.41) is 9.07. The highest BCUT2D eigenvalue weighted by atomic mass is 16.5. The molecule has 0 saturated heterocycles. The number of methoxy groups -OCH3 is 1. The zero-order valence-corrected chi connectivity index (χ0v) is 20.1. The lowest BCUT2D eigenvalue weighted by atomic mass is 9.99. The molecule has 0 radical (unpaired) electrons. The molecule has 1 heterocycles. The molecule has 3 aromatic carbocycles. The molecule has 3 amide bonds. The Labute approximate surface area is 209 Å². The number of carbonyl (C=O) groups excluding carboxylic acids is 2. The van der Waals surface area contributed by atoms with E-state index in [9.17, 15) is 9.59 Å². The van der Waals surface area contributed by atoms with Crippen LogP contribution in [0.1, 0.15) is 33.6 Å². The van der Waals surface area contributed by atoms with Gasteiger partial charge in [-0.15, -0.1) is 0 Å². The maximum Gasteiger partial charge on any atom is 0.318 e. The average Bonchev–Trinajstić information content (AvgIpc) is 3.30. The first-order valence-corrected chi connectivity index (χ1v) is 11.7. The maximum atomic E-state index is 13.6. The minimum absolute atomic E-state index is 0.178. The van der Waals surface area contributed by atoms with Crippen LogP contribution in [-0.4, -0.2) is 31.1 Å². The van der Waals surface area contributed by atoms with Gasteiger partial charge in [0, 0.05) is 23.8 Å². The fraction of sp³-hybridized carbons (Fsp3) is 0.138. The smallest absolute Gasteiger partial charge is 0.318 e. The SMILES string of the molecule is CNC(=O)Nc1ccc(NC(=O)c2c3c(nc4ccccc24)/C(=C/c2ccc(OC)cc2)CC3)cc1. The predicted octanol–water partition coefficient (Wildman–Crippen LogP) is 5.73. The van der Waals surface area contributed by atoms with Gasteiger partial charge in [-0.25, -0.2) is 9.78 Å². The molecule has 3 N–H and O–H groups in total. The molecule has 7 nitrogen and oxygen atoms in total. The molecule has 0 fully saturated rings. The third kappa shape index (κ3) is 4.63. The van der Waals surface area contributed by atoms with Crippen LogP contribution < -0.4 is 20.7 Å². The van der Waals surface area contributed by atoms with E-state index in [4.69, 9.17) is 9.72 Å². The number of rotatable bonds is 5. The topological polar surface area (TPSA) is 92.4 Å². The largest absolute Gasteiger partial charge is 0.497 e. The van der Waals surface area contributed by atoms with Gasteiger partial charge < -0.3 is 20.7 Å². The number of hydrogen-bond acceptors (Lipinski definition) is 4. The van der Waals surface area contributed by atoms with Crippen molar-refractivity contribution >= 4 is 45.9 Å². The van der Waals surface area contributed by atoms with Crippen molar-refractivity contribution in [2.75, 3.05) is 24.8 Å². The van der Waals surface area contributed by atoms with Crippen LogP contribution in [0.4, 0.5) is 16.2 Å². The van der Waals surface area contributed by atoms with Gasteiger partial charge in [0.05, 0.1) is 23.9 Å². The van der Waals surface area contributed by atoms with Crippen LogP contribution in [-0.2, 0) is 6.42 Å². The van der Waals surface area contributed by atoms with Crippen LogP contribution in [0.5, 0.6) is 5.75 Å². The Balaban J connectivity index is 1.49. The molecule has 0 aliphatic heterocycles. The Morgan fingerprint density at radius 2 is 1.58 bits per heavy atom. The van der Waals surface area contributed by atoms with Crippen molar-refractivity contribution in [3.05, 3.63) is 95.2 Å².